The van der Waals surface area contributed by atoms with Gasteiger partial charge in [0.2, 0.25) is 0 Å². The molecule has 0 aliphatic carbocycles. The first-order valence-corrected chi connectivity index (χ1v) is 23.1. The maximum atomic E-state index is 14.5. The second-order valence-corrected chi connectivity index (χ2v) is 20.8. The van der Waals surface area contributed by atoms with Crippen LogP contribution in [-0.4, -0.2) is 63.7 Å². The third kappa shape index (κ3) is 11.8. The van der Waals surface area contributed by atoms with E-state index < -0.39 is 62.3 Å². The second-order valence-electron chi connectivity index (χ2n) is 16.4. The van der Waals surface area contributed by atoms with Crippen molar-refractivity contribution in [3.05, 3.63) is 133 Å². The zero-order valence-corrected chi connectivity index (χ0v) is 37.7. The van der Waals surface area contributed by atoms with E-state index in [0.29, 0.717) is 6.42 Å². The van der Waals surface area contributed by atoms with Crippen LogP contribution in [0.25, 0.3) is 21.5 Å². The van der Waals surface area contributed by atoms with Crippen LogP contribution in [0.1, 0.15) is 47.1 Å². The molecule has 0 saturated carbocycles. The maximum absolute atomic E-state index is 14.5. The Morgan fingerprint density at radius 2 is 1.06 bits per heavy atom. The molecule has 6 aromatic rings. The summed E-state index contributed by atoms with van der Waals surface area (Å²) in [4.78, 5) is 24.7. The molecule has 340 valence electrons. The lowest BCUT2D eigenvalue weighted by Crippen LogP contribution is -2.28. The fourth-order valence-corrected chi connectivity index (χ4v) is 11.5. The highest BCUT2D eigenvalue weighted by Crippen LogP contribution is 2.72. The topological polar surface area (TPSA) is 133 Å². The minimum absolute atomic E-state index is 0.0208. The summed E-state index contributed by atoms with van der Waals surface area (Å²) in [6, 6.07) is 35.0. The number of benzene rings is 6. The van der Waals surface area contributed by atoms with Gasteiger partial charge in [-0.2, -0.15) is 25.2 Å². The summed E-state index contributed by atoms with van der Waals surface area (Å²) in [5.74, 6) is -1.09. The number of esters is 2. The van der Waals surface area contributed by atoms with E-state index in [0.717, 1.165) is 27.1 Å². The van der Waals surface area contributed by atoms with Crippen molar-refractivity contribution in [2.45, 2.75) is 79.4 Å². The molecule has 6 aromatic carbocycles. The zero-order valence-electron chi connectivity index (χ0n) is 36.1. The SMILES string of the molecule is CC(C)(C)OC(=O)COc1ccc(S(OS(=O)(=O)C(F)(F)F)(c2ccc(OCC(=O)OC(C)(C)C)cc2)c2ccccc2OCOCCc2cc3ccccc3c3ccccc23)cc1. The first-order valence-electron chi connectivity index (χ1n) is 20.1. The van der Waals surface area contributed by atoms with Gasteiger partial charge in [-0.25, -0.2) is 9.59 Å². The van der Waals surface area contributed by atoms with Gasteiger partial charge < -0.3 is 28.4 Å². The van der Waals surface area contributed by atoms with Crippen molar-refractivity contribution < 1.29 is 63.2 Å². The molecule has 0 amide bonds. The van der Waals surface area contributed by atoms with E-state index in [2.05, 4.69) is 18.2 Å². The molecule has 0 atom stereocenters. The molecule has 0 bridgehead atoms. The number of para-hydroxylation sites is 1. The van der Waals surface area contributed by atoms with E-state index in [1.54, 1.807) is 47.6 Å². The minimum Gasteiger partial charge on any atom is -0.482 e. The molecule has 0 aliphatic heterocycles. The number of ether oxygens (including phenoxy) is 6. The molecule has 0 N–H and O–H groups in total. The smallest absolute Gasteiger partial charge is 0.482 e. The van der Waals surface area contributed by atoms with Crippen molar-refractivity contribution in [3.8, 4) is 17.2 Å². The Hall–Kier alpha value is -5.81. The van der Waals surface area contributed by atoms with E-state index in [-0.39, 0.29) is 45.3 Å². The van der Waals surface area contributed by atoms with Crippen molar-refractivity contribution in [2.24, 2.45) is 0 Å². The summed E-state index contributed by atoms with van der Waals surface area (Å²) in [7, 11) is -10.3. The summed E-state index contributed by atoms with van der Waals surface area (Å²) in [6.07, 6.45) is 0.503. The summed E-state index contributed by atoms with van der Waals surface area (Å²) in [6.45, 7) is 9.04. The van der Waals surface area contributed by atoms with E-state index >= 15 is 0 Å². The number of alkyl halides is 3. The second kappa shape index (κ2) is 19.5. The van der Waals surface area contributed by atoms with Crippen molar-refractivity contribution in [1.29, 1.82) is 0 Å². The number of rotatable bonds is 17. The number of carbonyl (C=O) groups excluding carboxylic acids is 2. The minimum atomic E-state index is -6.34. The lowest BCUT2D eigenvalue weighted by molar-refractivity contribution is -0.158. The van der Waals surface area contributed by atoms with Crippen molar-refractivity contribution >= 4 is 53.9 Å². The number of carbonyl (C=O) groups is 2. The monoisotopic (exact) mass is 922 g/mol. The Morgan fingerprint density at radius 3 is 1.59 bits per heavy atom. The van der Waals surface area contributed by atoms with Crippen LogP contribution in [-0.2, 0) is 44.0 Å². The number of halogens is 3. The molecule has 11 nitrogen and oxygen atoms in total. The lowest BCUT2D eigenvalue weighted by Gasteiger charge is -2.40. The highest BCUT2D eigenvalue weighted by molar-refractivity contribution is 8.33. The first-order chi connectivity index (χ1) is 30.1. The predicted molar refractivity (Wildman–Crippen MR) is 237 cm³/mol. The summed E-state index contributed by atoms with van der Waals surface area (Å²) in [5.41, 5.74) is -6.36. The number of hydrogen-bond donors (Lipinski definition) is 0. The molecule has 0 unspecified atom stereocenters. The highest BCUT2D eigenvalue weighted by Gasteiger charge is 2.53. The molecule has 16 heteroatoms. The largest absolute Gasteiger partial charge is 0.524 e. The average molecular weight is 923 g/mol. The standard InChI is InChI=1S/C48H49F3O11S2/c1-46(2,3)60-44(52)30-57-35-19-23-37(24-20-35)63(62-64(54,55)48(49,50)51,38-25-21-36(22-26-38)58-31-45(53)61-47(4,5)6)43-18-12-11-17-42(43)59-32-56-28-27-34-29-33-13-7-8-14-39(33)41-16-10-9-15-40(34)41/h7-26,29H,27-28,30-32H2,1-6H3. The Labute approximate surface area is 372 Å². The Kier molecular flexibility index (Phi) is 14.5. The fourth-order valence-electron chi connectivity index (χ4n) is 6.65. The van der Waals surface area contributed by atoms with Crippen LogP contribution in [0, 0.1) is 0 Å². The Balaban J connectivity index is 1.35. The van der Waals surface area contributed by atoms with Gasteiger partial charge in [-0.05, 0) is 146 Å². The molecule has 0 radical (unpaired) electrons. The third-order valence-electron chi connectivity index (χ3n) is 9.17. The molecule has 0 aromatic heterocycles. The number of fused-ring (bicyclic) bond motifs is 3. The van der Waals surface area contributed by atoms with Gasteiger partial charge in [-0.15, -0.1) is 0 Å². The predicted octanol–water partition coefficient (Wildman–Crippen LogP) is 11.1. The van der Waals surface area contributed by atoms with E-state index in [1.807, 2.05) is 36.4 Å². The number of hydrogen-bond acceptors (Lipinski definition) is 11. The molecular formula is C48H49F3O11S2. The van der Waals surface area contributed by atoms with Crippen LogP contribution >= 0.6 is 10.3 Å². The summed E-state index contributed by atoms with van der Waals surface area (Å²) < 4.78 is 109. The highest BCUT2D eigenvalue weighted by atomic mass is 32.3. The van der Waals surface area contributed by atoms with Gasteiger partial charge in [0.15, 0.2) is 20.0 Å². The van der Waals surface area contributed by atoms with Gasteiger partial charge in [0.25, 0.3) is 0 Å². The molecule has 0 heterocycles. The Bertz CT molecular complexity index is 2620. The summed E-state index contributed by atoms with van der Waals surface area (Å²) in [5, 5.41) is 4.35. The van der Waals surface area contributed by atoms with Crippen LogP contribution in [0.15, 0.2) is 142 Å². The van der Waals surface area contributed by atoms with Crippen molar-refractivity contribution in [1.82, 2.24) is 0 Å². The van der Waals surface area contributed by atoms with Crippen LogP contribution in [0.4, 0.5) is 13.2 Å². The lowest BCUT2D eigenvalue weighted by atomic mass is 9.96. The molecular weight excluding hydrogens is 874 g/mol. The maximum Gasteiger partial charge on any atom is 0.524 e. The Morgan fingerprint density at radius 1 is 0.578 bits per heavy atom. The average Bonchev–Trinajstić information content (AvgIpc) is 3.23. The molecule has 0 fully saturated rings. The van der Waals surface area contributed by atoms with Gasteiger partial charge in [-0.3, -0.25) is 0 Å². The molecule has 0 saturated heterocycles. The quantitative estimate of drug-likeness (QED) is 0.0285. The molecule has 0 aliphatic rings. The zero-order chi connectivity index (χ0) is 46.3. The molecule has 0 spiro atoms. The van der Waals surface area contributed by atoms with Crippen molar-refractivity contribution in [3.63, 3.8) is 0 Å². The van der Waals surface area contributed by atoms with Gasteiger partial charge in [0, 0.05) is 9.79 Å². The van der Waals surface area contributed by atoms with E-state index in [9.17, 15) is 31.2 Å². The van der Waals surface area contributed by atoms with E-state index in [4.69, 9.17) is 32.1 Å². The first kappa shape index (κ1) is 47.7. The summed E-state index contributed by atoms with van der Waals surface area (Å²) >= 11 is 0. The van der Waals surface area contributed by atoms with Crippen molar-refractivity contribution in [2.75, 3.05) is 26.6 Å². The normalized spacial score (nSPS) is 12.8. The van der Waals surface area contributed by atoms with Crippen LogP contribution < -0.4 is 14.2 Å². The third-order valence-corrected chi connectivity index (χ3v) is 14.1. The molecule has 6 rings (SSSR count). The van der Waals surface area contributed by atoms with Gasteiger partial charge >= 0.3 is 27.6 Å². The fraction of sp³-hybridized carbons (Fsp3) is 0.292. The van der Waals surface area contributed by atoms with E-state index in [1.165, 1.54) is 66.7 Å². The van der Waals surface area contributed by atoms with Crippen LogP contribution in [0.2, 0.25) is 0 Å². The molecule has 64 heavy (non-hydrogen) atoms. The van der Waals surface area contributed by atoms with Crippen LogP contribution in [0.5, 0.6) is 17.2 Å². The van der Waals surface area contributed by atoms with Gasteiger partial charge in [0.1, 0.15) is 28.5 Å². The van der Waals surface area contributed by atoms with Gasteiger partial charge in [-0.1, -0.05) is 66.7 Å². The van der Waals surface area contributed by atoms with Gasteiger partial charge in [0.05, 0.1) is 11.5 Å². The van der Waals surface area contributed by atoms with Crippen LogP contribution in [0.3, 0.4) is 0 Å².